The first-order valence-corrected chi connectivity index (χ1v) is 9.50. The summed E-state index contributed by atoms with van der Waals surface area (Å²) in [5.74, 6) is 0.454. The van der Waals surface area contributed by atoms with Crippen molar-refractivity contribution in [2.45, 2.75) is 38.5 Å². The van der Waals surface area contributed by atoms with Gasteiger partial charge in [-0.2, -0.15) is 0 Å². The monoisotopic (exact) mass is 368 g/mol. The highest BCUT2D eigenvalue weighted by Crippen LogP contribution is 2.14. The van der Waals surface area contributed by atoms with Gasteiger partial charge in [0.05, 0.1) is 19.3 Å². The molecule has 2 aromatic rings. The summed E-state index contributed by atoms with van der Waals surface area (Å²) in [4.78, 5) is 8.71. The van der Waals surface area contributed by atoms with Crippen molar-refractivity contribution in [2.75, 3.05) is 19.8 Å². The van der Waals surface area contributed by atoms with Crippen LogP contribution in [0, 0.1) is 0 Å². The Morgan fingerprint density at radius 3 is 2.85 bits per heavy atom. The van der Waals surface area contributed by atoms with Gasteiger partial charge in [-0.1, -0.05) is 30.3 Å². The fourth-order valence-corrected chi connectivity index (χ4v) is 2.97. The van der Waals surface area contributed by atoms with Crippen LogP contribution < -0.4 is 11.1 Å². The third-order valence-corrected chi connectivity index (χ3v) is 4.49. The molecule has 0 aliphatic carbocycles. The van der Waals surface area contributed by atoms with Gasteiger partial charge in [-0.15, -0.1) is 0 Å². The molecule has 1 saturated heterocycles. The minimum absolute atomic E-state index is 0.305. The molecule has 0 spiro atoms. The van der Waals surface area contributed by atoms with Crippen LogP contribution in [0.5, 0.6) is 0 Å². The van der Waals surface area contributed by atoms with E-state index in [0.717, 1.165) is 49.3 Å². The lowest BCUT2D eigenvalue weighted by Crippen LogP contribution is -2.33. The molecule has 144 valence electrons. The average molecular weight is 368 g/mol. The summed E-state index contributed by atoms with van der Waals surface area (Å²) < 4.78 is 11.3. The molecule has 6 heteroatoms. The standard InChI is InChI=1S/C21H28N4O2/c22-21(24-11-7-19-6-1-2-10-23-19)25-15-17-4-3-5-18(14-17)16-27-20-8-12-26-13-9-20/h1-6,10,14,20H,7-9,11-13,15-16H2,(H3,22,24,25). The molecular formula is C21H28N4O2. The summed E-state index contributed by atoms with van der Waals surface area (Å²) in [5, 5.41) is 3.14. The minimum atomic E-state index is 0.305. The smallest absolute Gasteiger partial charge is 0.188 e. The summed E-state index contributed by atoms with van der Waals surface area (Å²) in [6, 6.07) is 14.2. The van der Waals surface area contributed by atoms with Crippen LogP contribution in [-0.4, -0.2) is 36.8 Å². The predicted octanol–water partition coefficient (Wildman–Crippen LogP) is 2.42. The van der Waals surface area contributed by atoms with Gasteiger partial charge in [-0.3, -0.25) is 4.98 Å². The van der Waals surface area contributed by atoms with Crippen molar-refractivity contribution in [3.8, 4) is 0 Å². The Bertz CT molecular complexity index is 715. The largest absolute Gasteiger partial charge is 0.381 e. The topological polar surface area (TPSA) is 81.8 Å². The van der Waals surface area contributed by atoms with Gasteiger partial charge < -0.3 is 20.5 Å². The number of rotatable bonds is 8. The van der Waals surface area contributed by atoms with Gasteiger partial charge in [0.25, 0.3) is 0 Å². The predicted molar refractivity (Wildman–Crippen MR) is 106 cm³/mol. The van der Waals surface area contributed by atoms with Crippen molar-refractivity contribution in [2.24, 2.45) is 10.7 Å². The van der Waals surface area contributed by atoms with Gasteiger partial charge >= 0.3 is 0 Å². The zero-order valence-electron chi connectivity index (χ0n) is 15.6. The molecule has 2 heterocycles. The molecule has 1 aliphatic heterocycles. The van der Waals surface area contributed by atoms with Crippen molar-refractivity contribution >= 4 is 5.96 Å². The van der Waals surface area contributed by atoms with Crippen LogP contribution in [0.4, 0.5) is 0 Å². The van der Waals surface area contributed by atoms with Crippen LogP contribution in [0.15, 0.2) is 53.7 Å². The Morgan fingerprint density at radius 1 is 1.19 bits per heavy atom. The number of nitrogens with zero attached hydrogens (tertiary/aromatic N) is 2. The molecule has 1 aromatic carbocycles. The van der Waals surface area contributed by atoms with E-state index in [-0.39, 0.29) is 0 Å². The third kappa shape index (κ3) is 7.00. The van der Waals surface area contributed by atoms with E-state index in [4.69, 9.17) is 15.2 Å². The highest BCUT2D eigenvalue weighted by Gasteiger charge is 2.13. The maximum Gasteiger partial charge on any atom is 0.188 e. The lowest BCUT2D eigenvalue weighted by Gasteiger charge is -2.22. The Morgan fingerprint density at radius 2 is 2.04 bits per heavy atom. The second-order valence-electron chi connectivity index (χ2n) is 6.64. The first-order valence-electron chi connectivity index (χ1n) is 9.50. The van der Waals surface area contributed by atoms with Crippen LogP contribution in [0.2, 0.25) is 0 Å². The quantitative estimate of drug-likeness (QED) is 0.552. The number of benzene rings is 1. The molecule has 0 unspecified atom stereocenters. The molecular weight excluding hydrogens is 340 g/mol. The van der Waals surface area contributed by atoms with Crippen molar-refractivity contribution in [3.63, 3.8) is 0 Å². The van der Waals surface area contributed by atoms with Crippen molar-refractivity contribution in [1.29, 1.82) is 0 Å². The molecule has 3 N–H and O–H groups in total. The number of nitrogens with one attached hydrogen (secondary N) is 1. The second-order valence-corrected chi connectivity index (χ2v) is 6.64. The summed E-state index contributed by atoms with van der Waals surface area (Å²) >= 11 is 0. The number of aromatic nitrogens is 1. The van der Waals surface area contributed by atoms with Crippen LogP contribution in [0.1, 0.15) is 29.7 Å². The summed E-state index contributed by atoms with van der Waals surface area (Å²) in [6.45, 7) is 3.48. The molecule has 27 heavy (non-hydrogen) atoms. The summed E-state index contributed by atoms with van der Waals surface area (Å²) in [6.07, 6.45) is 4.87. The molecule has 3 rings (SSSR count). The van der Waals surface area contributed by atoms with E-state index in [1.54, 1.807) is 6.20 Å². The SMILES string of the molecule is NC(=NCc1cccc(COC2CCOCC2)c1)NCCc1ccccn1. The molecule has 1 fully saturated rings. The van der Waals surface area contributed by atoms with Gasteiger partial charge in [0.1, 0.15) is 0 Å². The van der Waals surface area contributed by atoms with Crippen molar-refractivity contribution < 1.29 is 9.47 Å². The van der Waals surface area contributed by atoms with Crippen LogP contribution in [0.25, 0.3) is 0 Å². The van der Waals surface area contributed by atoms with Gasteiger partial charge in [-0.25, -0.2) is 4.99 Å². The van der Waals surface area contributed by atoms with Gasteiger partial charge in [0, 0.05) is 38.1 Å². The number of aliphatic imine (C=N–C) groups is 1. The van der Waals surface area contributed by atoms with Crippen LogP contribution in [-0.2, 0) is 29.0 Å². The van der Waals surface area contributed by atoms with E-state index in [9.17, 15) is 0 Å². The summed E-state index contributed by atoms with van der Waals surface area (Å²) in [5.41, 5.74) is 9.28. The molecule has 0 amide bonds. The van der Waals surface area contributed by atoms with E-state index in [2.05, 4.69) is 33.5 Å². The van der Waals surface area contributed by atoms with Gasteiger partial charge in [-0.05, 0) is 36.1 Å². The molecule has 6 nitrogen and oxygen atoms in total. The molecule has 0 bridgehead atoms. The van der Waals surface area contributed by atoms with Crippen molar-refractivity contribution in [1.82, 2.24) is 10.3 Å². The lowest BCUT2D eigenvalue weighted by atomic mass is 10.1. The first kappa shape index (κ1) is 19.3. The van der Waals surface area contributed by atoms with Gasteiger partial charge in [0.2, 0.25) is 0 Å². The average Bonchev–Trinajstić information content (AvgIpc) is 2.73. The Labute approximate surface area is 160 Å². The minimum Gasteiger partial charge on any atom is -0.381 e. The fourth-order valence-electron chi connectivity index (χ4n) is 2.97. The molecule has 0 atom stereocenters. The van der Waals surface area contributed by atoms with Crippen LogP contribution >= 0.6 is 0 Å². The lowest BCUT2D eigenvalue weighted by molar-refractivity contribution is -0.0390. The zero-order chi connectivity index (χ0) is 18.7. The number of hydrogen-bond acceptors (Lipinski definition) is 4. The highest BCUT2D eigenvalue weighted by atomic mass is 16.5. The normalized spacial score (nSPS) is 15.6. The van der Waals surface area contributed by atoms with Crippen molar-refractivity contribution in [3.05, 3.63) is 65.5 Å². The maximum absolute atomic E-state index is 5.99. The van der Waals surface area contributed by atoms with Gasteiger partial charge in [0.15, 0.2) is 5.96 Å². The molecule has 1 aromatic heterocycles. The maximum atomic E-state index is 5.99. The number of nitrogens with two attached hydrogens (primary N) is 1. The third-order valence-electron chi connectivity index (χ3n) is 4.49. The van der Waals surface area contributed by atoms with E-state index in [1.807, 2.05) is 24.3 Å². The Hall–Kier alpha value is -2.44. The van der Waals surface area contributed by atoms with E-state index in [0.29, 0.717) is 31.8 Å². The van der Waals surface area contributed by atoms with E-state index >= 15 is 0 Å². The number of ether oxygens (including phenoxy) is 2. The van der Waals surface area contributed by atoms with E-state index < -0.39 is 0 Å². The second kappa shape index (κ2) is 10.6. The Balaban J connectivity index is 1.41. The molecule has 1 aliphatic rings. The van der Waals surface area contributed by atoms with Crippen LogP contribution in [0.3, 0.4) is 0 Å². The van der Waals surface area contributed by atoms with E-state index in [1.165, 1.54) is 0 Å². The zero-order valence-corrected chi connectivity index (χ0v) is 15.6. The molecule has 0 radical (unpaired) electrons. The summed E-state index contributed by atoms with van der Waals surface area (Å²) in [7, 11) is 0. The first-order chi connectivity index (χ1) is 13.3. The number of hydrogen-bond donors (Lipinski definition) is 2. The fraction of sp³-hybridized carbons (Fsp3) is 0.429. The molecule has 0 saturated carbocycles. The Kier molecular flexibility index (Phi) is 7.62. The highest BCUT2D eigenvalue weighted by molar-refractivity contribution is 5.77. The number of guanidine groups is 1. The number of pyridine rings is 1.